The average Bonchev–Trinajstić information content (AvgIpc) is 2.45. The van der Waals surface area contributed by atoms with Gasteiger partial charge in [0.2, 0.25) is 5.75 Å². The summed E-state index contributed by atoms with van der Waals surface area (Å²) in [6, 6.07) is 3.32. The molecule has 0 aromatic heterocycles. The van der Waals surface area contributed by atoms with Crippen molar-refractivity contribution >= 4 is 12.0 Å². The van der Waals surface area contributed by atoms with Crippen molar-refractivity contribution in [3.05, 3.63) is 23.8 Å². The minimum Gasteiger partial charge on any atom is -0.493 e. The topological polar surface area (TPSA) is 65.0 Å². The Bertz CT molecular complexity index is 515. The highest BCUT2D eigenvalue weighted by molar-refractivity contribution is 5.85. The van der Waals surface area contributed by atoms with Gasteiger partial charge in [0.1, 0.15) is 0 Å². The van der Waals surface area contributed by atoms with E-state index in [1.54, 1.807) is 12.1 Å². The highest BCUT2D eigenvalue weighted by Crippen LogP contribution is 2.38. The number of methoxy groups -OCH3 is 2. The summed E-state index contributed by atoms with van der Waals surface area (Å²) in [7, 11) is 2.99. The fourth-order valence-corrected chi connectivity index (χ4v) is 1.52. The second-order valence-corrected chi connectivity index (χ2v) is 3.73. The van der Waals surface area contributed by atoms with Crippen LogP contribution in [0.15, 0.2) is 18.2 Å². The number of terminal acetylenes is 1. The summed E-state index contributed by atoms with van der Waals surface area (Å²) in [6.45, 7) is 0.341. The SMILES string of the molecule is C#CCCOc1c(OC)cc(/C=C/C(=O)O)cc1OC. The van der Waals surface area contributed by atoms with Crippen LogP contribution in [0.3, 0.4) is 0 Å². The Kier molecular flexibility index (Phi) is 5.98. The monoisotopic (exact) mass is 276 g/mol. The first-order valence-corrected chi connectivity index (χ1v) is 5.85. The first-order valence-electron chi connectivity index (χ1n) is 5.85. The lowest BCUT2D eigenvalue weighted by molar-refractivity contribution is -0.131. The van der Waals surface area contributed by atoms with Gasteiger partial charge in [-0.15, -0.1) is 12.3 Å². The molecule has 106 valence electrons. The molecule has 0 aliphatic rings. The zero-order valence-corrected chi connectivity index (χ0v) is 11.4. The molecule has 5 heteroatoms. The quantitative estimate of drug-likeness (QED) is 0.470. The number of carboxylic acids is 1. The Labute approximate surface area is 117 Å². The van der Waals surface area contributed by atoms with E-state index >= 15 is 0 Å². The molecule has 0 fully saturated rings. The molecular weight excluding hydrogens is 260 g/mol. The summed E-state index contributed by atoms with van der Waals surface area (Å²) in [5, 5.41) is 8.63. The average molecular weight is 276 g/mol. The summed E-state index contributed by atoms with van der Waals surface area (Å²) in [6.07, 6.45) is 8.11. The molecule has 5 nitrogen and oxygen atoms in total. The molecule has 0 saturated carbocycles. The van der Waals surface area contributed by atoms with Crippen molar-refractivity contribution in [3.8, 4) is 29.6 Å². The van der Waals surface area contributed by atoms with E-state index in [0.717, 1.165) is 6.08 Å². The van der Waals surface area contributed by atoms with E-state index < -0.39 is 5.97 Å². The second-order valence-electron chi connectivity index (χ2n) is 3.73. The Hall–Kier alpha value is -2.61. The summed E-state index contributed by atoms with van der Waals surface area (Å²) in [4.78, 5) is 10.5. The number of hydrogen-bond acceptors (Lipinski definition) is 4. The van der Waals surface area contributed by atoms with Gasteiger partial charge in [-0.2, -0.15) is 0 Å². The van der Waals surface area contributed by atoms with Gasteiger partial charge in [0.05, 0.1) is 20.8 Å². The lowest BCUT2D eigenvalue weighted by Crippen LogP contribution is -2.01. The lowest BCUT2D eigenvalue weighted by Gasteiger charge is -2.14. The Balaban J connectivity index is 3.11. The number of aliphatic carboxylic acids is 1. The van der Waals surface area contributed by atoms with Crippen LogP contribution in [0.4, 0.5) is 0 Å². The van der Waals surface area contributed by atoms with Crippen molar-refractivity contribution in [1.82, 2.24) is 0 Å². The lowest BCUT2D eigenvalue weighted by atomic mass is 10.1. The molecule has 0 radical (unpaired) electrons. The van der Waals surface area contributed by atoms with E-state index in [9.17, 15) is 4.79 Å². The van der Waals surface area contributed by atoms with Crippen LogP contribution in [0.5, 0.6) is 17.2 Å². The van der Waals surface area contributed by atoms with Crippen molar-refractivity contribution in [1.29, 1.82) is 0 Å². The van der Waals surface area contributed by atoms with Gasteiger partial charge in [-0.05, 0) is 23.8 Å². The predicted molar refractivity (Wildman–Crippen MR) is 75.2 cm³/mol. The molecule has 0 aliphatic heterocycles. The van der Waals surface area contributed by atoms with Gasteiger partial charge < -0.3 is 19.3 Å². The molecule has 0 saturated heterocycles. The van der Waals surface area contributed by atoms with Crippen molar-refractivity contribution < 1.29 is 24.1 Å². The van der Waals surface area contributed by atoms with Crippen LogP contribution in [-0.4, -0.2) is 31.9 Å². The molecule has 0 atom stereocenters. The Morgan fingerprint density at radius 3 is 2.40 bits per heavy atom. The molecule has 0 amide bonds. The number of hydrogen-bond donors (Lipinski definition) is 1. The first-order chi connectivity index (χ1) is 9.62. The van der Waals surface area contributed by atoms with E-state index in [4.69, 9.17) is 25.7 Å². The Morgan fingerprint density at radius 2 is 1.95 bits per heavy atom. The molecular formula is C15H16O5. The fraction of sp³-hybridized carbons (Fsp3) is 0.267. The van der Waals surface area contributed by atoms with Crippen molar-refractivity contribution in [2.45, 2.75) is 6.42 Å². The molecule has 20 heavy (non-hydrogen) atoms. The predicted octanol–water partition coefficient (Wildman–Crippen LogP) is 2.20. The van der Waals surface area contributed by atoms with Crippen molar-refractivity contribution in [3.63, 3.8) is 0 Å². The van der Waals surface area contributed by atoms with Crippen LogP contribution < -0.4 is 14.2 Å². The van der Waals surface area contributed by atoms with E-state index in [-0.39, 0.29) is 0 Å². The van der Waals surface area contributed by atoms with Crippen LogP contribution in [0.2, 0.25) is 0 Å². The molecule has 0 heterocycles. The summed E-state index contributed by atoms with van der Waals surface area (Å²) >= 11 is 0. The van der Waals surface area contributed by atoms with Gasteiger partial charge in [-0.25, -0.2) is 4.79 Å². The maximum atomic E-state index is 10.5. The van der Waals surface area contributed by atoms with Gasteiger partial charge in [0, 0.05) is 12.5 Å². The largest absolute Gasteiger partial charge is 0.493 e. The molecule has 1 N–H and O–H groups in total. The minimum absolute atomic E-state index is 0.341. The molecule has 0 unspecified atom stereocenters. The van der Waals surface area contributed by atoms with Gasteiger partial charge >= 0.3 is 5.97 Å². The number of carbonyl (C=O) groups is 1. The summed E-state index contributed by atoms with van der Waals surface area (Å²) < 4.78 is 16.0. The van der Waals surface area contributed by atoms with Crippen molar-refractivity contribution in [2.75, 3.05) is 20.8 Å². The molecule has 1 aromatic rings. The normalized spacial score (nSPS) is 10.1. The van der Waals surface area contributed by atoms with Gasteiger partial charge in [-0.1, -0.05) is 0 Å². The number of ether oxygens (including phenoxy) is 3. The summed E-state index contributed by atoms with van der Waals surface area (Å²) in [5.74, 6) is 2.79. The summed E-state index contributed by atoms with van der Waals surface area (Å²) in [5.41, 5.74) is 0.630. The zero-order valence-electron chi connectivity index (χ0n) is 11.4. The molecule has 0 bridgehead atoms. The number of rotatable bonds is 7. The highest BCUT2D eigenvalue weighted by Gasteiger charge is 2.13. The van der Waals surface area contributed by atoms with Crippen LogP contribution in [0.25, 0.3) is 6.08 Å². The number of benzene rings is 1. The molecule has 0 spiro atoms. The Morgan fingerprint density at radius 1 is 1.35 bits per heavy atom. The first kappa shape index (κ1) is 15.4. The van der Waals surface area contributed by atoms with Crippen molar-refractivity contribution in [2.24, 2.45) is 0 Å². The molecule has 1 rings (SSSR count). The van der Waals surface area contributed by atoms with Crippen LogP contribution in [0, 0.1) is 12.3 Å². The van der Waals surface area contributed by atoms with Gasteiger partial charge in [0.15, 0.2) is 11.5 Å². The number of carboxylic acid groups (broad SMARTS) is 1. The van der Waals surface area contributed by atoms with E-state index in [0.29, 0.717) is 35.8 Å². The minimum atomic E-state index is -1.03. The maximum Gasteiger partial charge on any atom is 0.328 e. The van der Waals surface area contributed by atoms with E-state index in [1.807, 2.05) is 0 Å². The highest BCUT2D eigenvalue weighted by atomic mass is 16.5. The fourth-order valence-electron chi connectivity index (χ4n) is 1.52. The van der Waals surface area contributed by atoms with E-state index in [2.05, 4.69) is 5.92 Å². The standard InChI is InChI=1S/C15H16O5/c1-4-5-8-20-15-12(18-2)9-11(6-7-14(16)17)10-13(15)19-3/h1,6-7,9-10H,5,8H2,2-3H3,(H,16,17)/b7-6+. The third-order valence-electron chi connectivity index (χ3n) is 2.39. The maximum absolute atomic E-state index is 10.5. The molecule has 0 aliphatic carbocycles. The van der Waals surface area contributed by atoms with Crippen LogP contribution in [-0.2, 0) is 4.79 Å². The van der Waals surface area contributed by atoms with E-state index in [1.165, 1.54) is 20.3 Å². The third kappa shape index (κ3) is 4.25. The van der Waals surface area contributed by atoms with Gasteiger partial charge in [-0.3, -0.25) is 0 Å². The smallest absolute Gasteiger partial charge is 0.328 e. The van der Waals surface area contributed by atoms with Crippen LogP contribution >= 0.6 is 0 Å². The second kappa shape index (κ2) is 7.74. The van der Waals surface area contributed by atoms with Crippen LogP contribution in [0.1, 0.15) is 12.0 Å². The molecule has 1 aromatic carbocycles. The third-order valence-corrected chi connectivity index (χ3v) is 2.39. The van der Waals surface area contributed by atoms with Gasteiger partial charge in [0.25, 0.3) is 0 Å². The zero-order chi connectivity index (χ0) is 15.0.